The molecule has 29 heavy (non-hydrogen) atoms. The number of amides is 1. The number of hydrogen-bond acceptors (Lipinski definition) is 5. The maximum atomic E-state index is 12.6. The van der Waals surface area contributed by atoms with Crippen molar-refractivity contribution in [2.75, 3.05) is 31.0 Å². The van der Waals surface area contributed by atoms with E-state index in [1.165, 1.54) is 32.1 Å². The highest BCUT2D eigenvalue weighted by molar-refractivity contribution is 7.80. The van der Waals surface area contributed by atoms with Gasteiger partial charge in [-0.05, 0) is 74.8 Å². The van der Waals surface area contributed by atoms with Crippen LogP contribution in [0, 0.1) is 0 Å². The van der Waals surface area contributed by atoms with Crippen molar-refractivity contribution in [2.45, 2.75) is 32.2 Å². The number of nitrogens with one attached hydrogen (secondary N) is 2. The zero-order valence-electron chi connectivity index (χ0n) is 17.0. The van der Waals surface area contributed by atoms with E-state index < -0.39 is 0 Å². The molecule has 0 bridgehead atoms. The molecule has 6 nitrogen and oxygen atoms in total. The smallest absolute Gasteiger partial charge is 0.261 e. The second kappa shape index (κ2) is 9.60. The summed E-state index contributed by atoms with van der Waals surface area (Å²) < 4.78 is 10.4. The van der Waals surface area contributed by atoms with Crippen LogP contribution >= 0.6 is 12.2 Å². The Kier molecular flexibility index (Phi) is 6.93. The lowest BCUT2D eigenvalue weighted by atomic mass is 10.0. The maximum absolute atomic E-state index is 12.6. The van der Waals surface area contributed by atoms with Crippen LogP contribution in [-0.4, -0.2) is 37.8 Å². The third-order valence-electron chi connectivity index (χ3n) is 5.14. The molecule has 2 aromatic rings. The van der Waals surface area contributed by atoms with E-state index in [0.29, 0.717) is 23.1 Å². The largest absolute Gasteiger partial charge is 0.497 e. The standard InChI is InChI=1S/C22H27N3O3S/c1-15-6-4-5-13-25(15)17-9-7-16(8-10-17)23-22(29)24-21(26)19-12-11-18(27-2)14-20(19)28-3/h7-12,14-15H,4-6,13H2,1-3H3,(H2,23,24,26,29)/t15-/m0/s1. The Morgan fingerprint density at radius 1 is 1.10 bits per heavy atom. The number of piperidine rings is 1. The van der Waals surface area contributed by atoms with Crippen LogP contribution in [0.4, 0.5) is 11.4 Å². The van der Waals surface area contributed by atoms with Gasteiger partial charge in [-0.15, -0.1) is 0 Å². The van der Waals surface area contributed by atoms with Crippen molar-refractivity contribution in [3.05, 3.63) is 48.0 Å². The van der Waals surface area contributed by atoms with Crippen molar-refractivity contribution in [3.8, 4) is 11.5 Å². The maximum Gasteiger partial charge on any atom is 0.261 e. The van der Waals surface area contributed by atoms with Crippen molar-refractivity contribution in [2.24, 2.45) is 0 Å². The second-order valence-corrected chi connectivity index (χ2v) is 7.47. The van der Waals surface area contributed by atoms with Gasteiger partial charge in [0, 0.05) is 30.0 Å². The number of carbonyl (C=O) groups is 1. The Balaban J connectivity index is 1.61. The van der Waals surface area contributed by atoms with Crippen LogP contribution in [0.2, 0.25) is 0 Å². The molecule has 3 rings (SSSR count). The van der Waals surface area contributed by atoms with E-state index in [4.69, 9.17) is 21.7 Å². The molecule has 0 radical (unpaired) electrons. The normalized spacial score (nSPS) is 16.1. The summed E-state index contributed by atoms with van der Waals surface area (Å²) in [6, 6.07) is 13.7. The van der Waals surface area contributed by atoms with Crippen LogP contribution in [0.1, 0.15) is 36.5 Å². The van der Waals surface area contributed by atoms with Gasteiger partial charge >= 0.3 is 0 Å². The lowest BCUT2D eigenvalue weighted by Crippen LogP contribution is -2.37. The summed E-state index contributed by atoms with van der Waals surface area (Å²) in [7, 11) is 3.07. The quantitative estimate of drug-likeness (QED) is 0.716. The molecule has 7 heteroatoms. The Hall–Kier alpha value is -2.80. The van der Waals surface area contributed by atoms with Crippen LogP contribution in [0.5, 0.6) is 11.5 Å². The van der Waals surface area contributed by atoms with E-state index in [1.54, 1.807) is 25.3 Å². The van der Waals surface area contributed by atoms with Gasteiger partial charge in [0.25, 0.3) is 5.91 Å². The lowest BCUT2D eigenvalue weighted by Gasteiger charge is -2.35. The van der Waals surface area contributed by atoms with Crippen molar-refractivity contribution in [1.82, 2.24) is 5.32 Å². The molecule has 0 saturated carbocycles. The summed E-state index contributed by atoms with van der Waals surface area (Å²) in [6.45, 7) is 3.36. The van der Waals surface area contributed by atoms with Crippen LogP contribution < -0.4 is 25.0 Å². The van der Waals surface area contributed by atoms with Crippen LogP contribution in [0.3, 0.4) is 0 Å². The molecule has 1 fully saturated rings. The summed E-state index contributed by atoms with van der Waals surface area (Å²) in [5.41, 5.74) is 2.41. The first-order chi connectivity index (χ1) is 14.0. The predicted molar refractivity (Wildman–Crippen MR) is 120 cm³/mol. The molecule has 0 unspecified atom stereocenters. The Labute approximate surface area is 177 Å². The summed E-state index contributed by atoms with van der Waals surface area (Å²) in [5, 5.41) is 5.98. The Morgan fingerprint density at radius 3 is 2.52 bits per heavy atom. The first-order valence-electron chi connectivity index (χ1n) is 9.73. The average molecular weight is 414 g/mol. The Morgan fingerprint density at radius 2 is 1.86 bits per heavy atom. The molecule has 0 spiro atoms. The minimum Gasteiger partial charge on any atom is -0.497 e. The molecule has 1 amide bonds. The molecule has 1 atom stereocenters. The van der Waals surface area contributed by atoms with Crippen LogP contribution in [0.15, 0.2) is 42.5 Å². The number of ether oxygens (including phenoxy) is 2. The highest BCUT2D eigenvalue weighted by Crippen LogP contribution is 2.26. The monoisotopic (exact) mass is 413 g/mol. The van der Waals surface area contributed by atoms with Crippen molar-refractivity contribution >= 4 is 34.6 Å². The van der Waals surface area contributed by atoms with Crippen molar-refractivity contribution in [1.29, 1.82) is 0 Å². The van der Waals surface area contributed by atoms with Crippen LogP contribution in [-0.2, 0) is 0 Å². The molecule has 1 aliphatic heterocycles. The van der Waals surface area contributed by atoms with E-state index in [2.05, 4.69) is 34.6 Å². The summed E-state index contributed by atoms with van der Waals surface area (Å²) in [5.74, 6) is 0.688. The fourth-order valence-electron chi connectivity index (χ4n) is 3.54. The summed E-state index contributed by atoms with van der Waals surface area (Å²) >= 11 is 5.30. The second-order valence-electron chi connectivity index (χ2n) is 7.06. The van der Waals surface area contributed by atoms with Crippen LogP contribution in [0.25, 0.3) is 0 Å². The first-order valence-corrected chi connectivity index (χ1v) is 10.1. The van der Waals surface area contributed by atoms with E-state index in [9.17, 15) is 4.79 Å². The van der Waals surface area contributed by atoms with Gasteiger partial charge in [0.1, 0.15) is 11.5 Å². The minimum absolute atomic E-state index is 0.229. The number of thiocarbonyl (C=S) groups is 1. The first kappa shape index (κ1) is 20.9. The lowest BCUT2D eigenvalue weighted by molar-refractivity contribution is 0.0974. The number of hydrogen-bond donors (Lipinski definition) is 2. The molecular formula is C22H27N3O3S. The summed E-state index contributed by atoms with van der Waals surface area (Å²) in [4.78, 5) is 15.0. The Bertz CT molecular complexity index is 870. The van der Waals surface area contributed by atoms with Gasteiger partial charge in [0.2, 0.25) is 0 Å². The fraction of sp³-hybridized carbons (Fsp3) is 0.364. The number of nitrogens with zero attached hydrogens (tertiary/aromatic N) is 1. The zero-order valence-corrected chi connectivity index (χ0v) is 17.8. The highest BCUT2D eigenvalue weighted by Gasteiger charge is 2.18. The van der Waals surface area contributed by atoms with Gasteiger partial charge < -0.3 is 19.7 Å². The molecule has 154 valence electrons. The van der Waals surface area contributed by atoms with E-state index in [0.717, 1.165) is 12.2 Å². The molecule has 0 aliphatic carbocycles. The molecule has 2 N–H and O–H groups in total. The van der Waals surface area contributed by atoms with E-state index in [1.807, 2.05) is 12.1 Å². The van der Waals surface area contributed by atoms with Gasteiger partial charge in [-0.3, -0.25) is 10.1 Å². The topological polar surface area (TPSA) is 62.8 Å². The number of carbonyl (C=O) groups excluding carboxylic acids is 1. The summed E-state index contributed by atoms with van der Waals surface area (Å²) in [6.07, 6.45) is 3.75. The van der Waals surface area contributed by atoms with Gasteiger partial charge in [-0.1, -0.05) is 0 Å². The fourth-order valence-corrected chi connectivity index (χ4v) is 3.75. The molecular weight excluding hydrogens is 386 g/mol. The van der Waals surface area contributed by atoms with Gasteiger partial charge in [0.05, 0.1) is 19.8 Å². The number of rotatable bonds is 5. The number of methoxy groups -OCH3 is 2. The zero-order chi connectivity index (χ0) is 20.8. The molecule has 1 aliphatic rings. The third-order valence-corrected chi connectivity index (χ3v) is 5.34. The third kappa shape index (κ3) is 5.17. The molecule has 1 saturated heterocycles. The van der Waals surface area contributed by atoms with Gasteiger partial charge in [0.15, 0.2) is 5.11 Å². The molecule has 0 aromatic heterocycles. The highest BCUT2D eigenvalue weighted by atomic mass is 32.1. The molecule has 2 aromatic carbocycles. The minimum atomic E-state index is -0.347. The predicted octanol–water partition coefficient (Wildman–Crippen LogP) is 4.21. The average Bonchev–Trinajstić information content (AvgIpc) is 2.74. The van der Waals surface area contributed by atoms with Crippen molar-refractivity contribution < 1.29 is 14.3 Å². The van der Waals surface area contributed by atoms with Gasteiger partial charge in [-0.2, -0.15) is 0 Å². The molecule has 1 heterocycles. The number of benzene rings is 2. The van der Waals surface area contributed by atoms with E-state index >= 15 is 0 Å². The van der Waals surface area contributed by atoms with Crippen molar-refractivity contribution in [3.63, 3.8) is 0 Å². The number of anilines is 2. The van der Waals surface area contributed by atoms with E-state index in [-0.39, 0.29) is 11.0 Å². The van der Waals surface area contributed by atoms with Gasteiger partial charge in [-0.25, -0.2) is 0 Å². The SMILES string of the molecule is COc1ccc(C(=O)NC(=S)Nc2ccc(N3CCCC[C@@H]3C)cc2)c(OC)c1.